The molecule has 0 aliphatic heterocycles. The molecule has 0 amide bonds. The molecule has 4 aliphatic rings. The van der Waals surface area contributed by atoms with Crippen molar-refractivity contribution in [1.82, 2.24) is 0 Å². The third-order valence-electron chi connectivity index (χ3n) is 8.65. The van der Waals surface area contributed by atoms with E-state index in [0.717, 1.165) is 38.5 Å². The van der Waals surface area contributed by atoms with Crippen LogP contribution < -0.4 is 0 Å². The number of ketones is 1. The van der Waals surface area contributed by atoms with E-state index in [2.05, 4.69) is 13.8 Å². The van der Waals surface area contributed by atoms with Crippen LogP contribution in [-0.4, -0.2) is 23.0 Å². The van der Waals surface area contributed by atoms with Crippen LogP contribution >= 0.6 is 0 Å². The average molecular weight is 360 g/mol. The second kappa shape index (κ2) is 6.19. The molecule has 0 saturated heterocycles. The summed E-state index contributed by atoms with van der Waals surface area (Å²) >= 11 is 0. The highest BCUT2D eigenvalue weighted by Crippen LogP contribution is 2.66. The van der Waals surface area contributed by atoms with Gasteiger partial charge in [0.25, 0.3) is 0 Å². The van der Waals surface area contributed by atoms with E-state index in [0.29, 0.717) is 34.7 Å². The Morgan fingerprint density at radius 1 is 1.15 bits per heavy atom. The molecule has 1 N–H and O–H groups in total. The lowest BCUT2D eigenvalue weighted by atomic mass is 9.45. The molecule has 4 aliphatic carbocycles. The maximum Gasteiger partial charge on any atom is 0.307 e. The molecule has 7 atom stereocenters. The van der Waals surface area contributed by atoms with Gasteiger partial charge in [0.2, 0.25) is 0 Å². The van der Waals surface area contributed by atoms with Gasteiger partial charge in [-0.05, 0) is 80.5 Å². The number of carbonyl (C=O) groups is 2. The summed E-state index contributed by atoms with van der Waals surface area (Å²) in [7, 11) is 0. The average Bonchev–Trinajstić information content (AvgIpc) is 2.85. The Morgan fingerprint density at radius 2 is 1.92 bits per heavy atom. The van der Waals surface area contributed by atoms with Crippen molar-refractivity contribution in [1.29, 1.82) is 0 Å². The van der Waals surface area contributed by atoms with E-state index in [1.165, 1.54) is 26.0 Å². The molecule has 0 radical (unpaired) electrons. The molecule has 0 aromatic rings. The fourth-order valence-electron chi connectivity index (χ4n) is 7.17. The van der Waals surface area contributed by atoms with Gasteiger partial charge in [-0.25, -0.2) is 0 Å². The largest absolute Gasteiger partial charge is 0.434 e. The second-order valence-electron chi connectivity index (χ2n) is 9.83. The number of ether oxygens (including phenoxy) is 1. The molecular weight excluding hydrogens is 328 g/mol. The summed E-state index contributed by atoms with van der Waals surface area (Å²) in [6, 6.07) is 0. The third-order valence-corrected chi connectivity index (χ3v) is 8.65. The molecule has 4 nitrogen and oxygen atoms in total. The number of aliphatic hydroxyl groups excluding tert-OH is 1. The Labute approximate surface area is 156 Å². The number of Topliss-reactive ketones (excluding diaryl/α,β-unsaturated/α-hetero) is 1. The second-order valence-corrected chi connectivity index (χ2v) is 9.83. The first-order chi connectivity index (χ1) is 12.3. The molecule has 4 fully saturated rings. The van der Waals surface area contributed by atoms with Crippen LogP contribution in [0.25, 0.3) is 0 Å². The SMILES string of the molecule is CC(=O)O/C=C1/C[C@H]2[C@@H]3CC[C@H]4C[C@@H](O)CC[C@]4(C)[C@H]3CC[C@]2(C)C1=O. The number of hydrogen-bond acceptors (Lipinski definition) is 4. The van der Waals surface area contributed by atoms with E-state index in [4.69, 9.17) is 4.74 Å². The topological polar surface area (TPSA) is 63.6 Å². The van der Waals surface area contributed by atoms with Crippen molar-refractivity contribution in [3.8, 4) is 0 Å². The molecular formula is C22H32O4. The number of esters is 1. The highest BCUT2D eigenvalue weighted by molar-refractivity contribution is 6.02. The molecule has 4 rings (SSSR count). The van der Waals surface area contributed by atoms with Gasteiger partial charge in [-0.3, -0.25) is 9.59 Å². The summed E-state index contributed by atoms with van der Waals surface area (Å²) in [5.74, 6) is 2.08. The summed E-state index contributed by atoms with van der Waals surface area (Å²) in [6.45, 7) is 5.97. The predicted molar refractivity (Wildman–Crippen MR) is 98.0 cm³/mol. The first-order valence-electron chi connectivity index (χ1n) is 10.3. The predicted octanol–water partition coefficient (Wildman–Crippen LogP) is 4.02. The van der Waals surface area contributed by atoms with Crippen LogP contribution in [0, 0.1) is 34.5 Å². The number of fused-ring (bicyclic) bond motifs is 5. The third kappa shape index (κ3) is 2.59. The number of allylic oxidation sites excluding steroid dienone is 1. The van der Waals surface area contributed by atoms with E-state index in [-0.39, 0.29) is 23.3 Å². The quantitative estimate of drug-likeness (QED) is 0.436. The first kappa shape index (κ1) is 18.2. The number of rotatable bonds is 1. The Hall–Kier alpha value is -1.16. The van der Waals surface area contributed by atoms with Crippen molar-refractivity contribution in [2.24, 2.45) is 34.5 Å². The molecule has 0 bridgehead atoms. The normalized spacial score (nSPS) is 49.3. The molecule has 0 spiro atoms. The number of hydrogen-bond donors (Lipinski definition) is 1. The van der Waals surface area contributed by atoms with Crippen molar-refractivity contribution in [2.45, 2.75) is 78.2 Å². The molecule has 0 aromatic heterocycles. The maximum absolute atomic E-state index is 13.1. The van der Waals surface area contributed by atoms with Gasteiger partial charge in [0.1, 0.15) is 6.26 Å². The molecule has 4 heteroatoms. The van der Waals surface area contributed by atoms with Crippen LogP contribution in [0.4, 0.5) is 0 Å². The minimum absolute atomic E-state index is 0.121. The summed E-state index contributed by atoms with van der Waals surface area (Å²) < 4.78 is 5.05. The highest BCUT2D eigenvalue weighted by atomic mass is 16.5. The van der Waals surface area contributed by atoms with E-state index < -0.39 is 0 Å². The molecule has 0 heterocycles. The van der Waals surface area contributed by atoms with Gasteiger partial charge in [0, 0.05) is 17.9 Å². The van der Waals surface area contributed by atoms with Crippen molar-refractivity contribution in [2.75, 3.05) is 0 Å². The van der Waals surface area contributed by atoms with Gasteiger partial charge in [-0.2, -0.15) is 0 Å². The summed E-state index contributed by atoms with van der Waals surface area (Å²) in [5.41, 5.74) is 0.735. The Kier molecular flexibility index (Phi) is 4.33. The lowest BCUT2D eigenvalue weighted by Crippen LogP contribution is -2.54. The first-order valence-corrected chi connectivity index (χ1v) is 10.3. The van der Waals surface area contributed by atoms with E-state index >= 15 is 0 Å². The molecule has 0 aromatic carbocycles. The minimum atomic E-state index is -0.364. The van der Waals surface area contributed by atoms with Crippen molar-refractivity contribution in [3.63, 3.8) is 0 Å². The Bertz CT molecular complexity index is 653. The summed E-state index contributed by atoms with van der Waals surface area (Å²) in [4.78, 5) is 24.2. The fraction of sp³-hybridized carbons (Fsp3) is 0.818. The maximum atomic E-state index is 13.1. The zero-order valence-electron chi connectivity index (χ0n) is 16.3. The van der Waals surface area contributed by atoms with Crippen LogP contribution in [0.2, 0.25) is 0 Å². The van der Waals surface area contributed by atoms with Crippen LogP contribution in [0.3, 0.4) is 0 Å². The zero-order chi connectivity index (χ0) is 18.7. The van der Waals surface area contributed by atoms with E-state index in [1.54, 1.807) is 0 Å². The smallest absolute Gasteiger partial charge is 0.307 e. The molecule has 4 saturated carbocycles. The lowest BCUT2D eigenvalue weighted by molar-refractivity contribution is -0.141. The molecule has 0 unspecified atom stereocenters. The van der Waals surface area contributed by atoms with Crippen LogP contribution in [0.1, 0.15) is 72.1 Å². The van der Waals surface area contributed by atoms with E-state index in [9.17, 15) is 14.7 Å². The van der Waals surface area contributed by atoms with Gasteiger partial charge in [0.15, 0.2) is 5.78 Å². The van der Waals surface area contributed by atoms with E-state index in [1.807, 2.05) is 0 Å². The van der Waals surface area contributed by atoms with Crippen LogP contribution in [0.15, 0.2) is 11.8 Å². The molecule has 144 valence electrons. The monoisotopic (exact) mass is 360 g/mol. The van der Waals surface area contributed by atoms with Crippen LogP contribution in [0.5, 0.6) is 0 Å². The minimum Gasteiger partial charge on any atom is -0.434 e. The number of aliphatic hydroxyl groups is 1. The van der Waals surface area contributed by atoms with Crippen molar-refractivity contribution in [3.05, 3.63) is 11.8 Å². The van der Waals surface area contributed by atoms with Crippen molar-refractivity contribution < 1.29 is 19.4 Å². The highest BCUT2D eigenvalue weighted by Gasteiger charge is 2.61. The summed E-state index contributed by atoms with van der Waals surface area (Å²) in [5, 5.41) is 10.1. The Balaban J connectivity index is 1.61. The van der Waals surface area contributed by atoms with Gasteiger partial charge in [-0.15, -0.1) is 0 Å². The van der Waals surface area contributed by atoms with Gasteiger partial charge in [0.05, 0.1) is 6.10 Å². The van der Waals surface area contributed by atoms with Gasteiger partial charge >= 0.3 is 5.97 Å². The van der Waals surface area contributed by atoms with Gasteiger partial charge < -0.3 is 9.84 Å². The van der Waals surface area contributed by atoms with Gasteiger partial charge in [-0.1, -0.05) is 13.8 Å². The standard InChI is InChI=1S/C22H32O4/c1-13(23)26-12-14-10-19-17-5-4-15-11-16(24)6-8-21(15,2)18(17)7-9-22(19,3)20(14)25/h12,15-19,24H,4-11H2,1-3H3/b14-12-/t15-,16-,17+,18-,19-,21-,22-/m0/s1. The zero-order valence-corrected chi connectivity index (χ0v) is 16.3. The summed E-state index contributed by atoms with van der Waals surface area (Å²) in [6.07, 6.45) is 9.48. The Morgan fingerprint density at radius 3 is 2.65 bits per heavy atom. The van der Waals surface area contributed by atoms with Crippen LogP contribution in [-0.2, 0) is 14.3 Å². The fourth-order valence-corrected chi connectivity index (χ4v) is 7.17. The van der Waals surface area contributed by atoms with Crippen molar-refractivity contribution >= 4 is 11.8 Å². The number of carbonyl (C=O) groups excluding carboxylic acids is 2. The molecule has 26 heavy (non-hydrogen) atoms. The lowest BCUT2D eigenvalue weighted by Gasteiger charge is -2.59.